The summed E-state index contributed by atoms with van der Waals surface area (Å²) in [5, 5.41) is 0. The molecule has 2 saturated heterocycles. The molecule has 2 atom stereocenters. The van der Waals surface area contributed by atoms with E-state index in [4.69, 9.17) is 18.9 Å². The topological polar surface area (TPSA) is 97.9 Å². The number of hydrogen-bond acceptors (Lipinski definition) is 7. The van der Waals surface area contributed by atoms with E-state index in [2.05, 4.69) is 0 Å². The zero-order valence-corrected chi connectivity index (χ0v) is 20.3. The molecule has 2 fully saturated rings. The van der Waals surface area contributed by atoms with Crippen molar-refractivity contribution in [2.75, 3.05) is 58.5 Å². The maximum absolute atomic E-state index is 13.2. The van der Waals surface area contributed by atoms with E-state index in [9.17, 15) is 14.4 Å². The van der Waals surface area contributed by atoms with Gasteiger partial charge in [-0.25, -0.2) is 0 Å². The number of piperazine rings is 1. The van der Waals surface area contributed by atoms with E-state index in [-0.39, 0.29) is 37.3 Å². The zero-order valence-electron chi connectivity index (χ0n) is 20.3. The summed E-state index contributed by atoms with van der Waals surface area (Å²) in [6.07, 6.45) is -0.567. The lowest BCUT2D eigenvalue weighted by molar-refractivity contribution is -0.147. The number of benzene rings is 2. The number of hydrogen-bond donors (Lipinski definition) is 0. The molecule has 0 saturated carbocycles. The Morgan fingerprint density at radius 3 is 2.31 bits per heavy atom. The Morgan fingerprint density at radius 2 is 1.61 bits per heavy atom. The van der Waals surface area contributed by atoms with Crippen molar-refractivity contribution >= 4 is 23.4 Å². The number of para-hydroxylation sites is 2. The van der Waals surface area contributed by atoms with Crippen LogP contribution in [0.25, 0.3) is 0 Å². The number of fused-ring (bicyclic) bond motifs is 1. The van der Waals surface area contributed by atoms with Gasteiger partial charge in [0.2, 0.25) is 17.9 Å². The molecule has 0 spiro atoms. The highest BCUT2D eigenvalue weighted by molar-refractivity contribution is 6.01. The SMILES string of the molecule is COc1ccc(N2CC(C(=O)N3CCN(C(=O)C4COc5ccccc5O4)CC3)CC2=O)c(OC)c1. The number of amides is 3. The molecule has 0 bridgehead atoms. The summed E-state index contributed by atoms with van der Waals surface area (Å²) >= 11 is 0. The maximum atomic E-state index is 13.2. The van der Waals surface area contributed by atoms with Gasteiger partial charge in [-0.1, -0.05) is 12.1 Å². The molecular formula is C26H29N3O7. The van der Waals surface area contributed by atoms with Gasteiger partial charge in [-0.3, -0.25) is 14.4 Å². The van der Waals surface area contributed by atoms with Crippen molar-refractivity contribution in [3.8, 4) is 23.0 Å². The Morgan fingerprint density at radius 1 is 0.917 bits per heavy atom. The number of rotatable bonds is 5. The van der Waals surface area contributed by atoms with Crippen molar-refractivity contribution < 1.29 is 33.3 Å². The second kappa shape index (κ2) is 9.96. The average Bonchev–Trinajstić information content (AvgIpc) is 3.32. The van der Waals surface area contributed by atoms with Crippen LogP contribution >= 0.6 is 0 Å². The third kappa shape index (κ3) is 4.50. The molecule has 2 aromatic carbocycles. The molecular weight excluding hydrogens is 466 g/mol. The average molecular weight is 496 g/mol. The Balaban J connectivity index is 1.17. The summed E-state index contributed by atoms with van der Waals surface area (Å²) in [5.41, 5.74) is 0.616. The molecule has 3 aliphatic heterocycles. The van der Waals surface area contributed by atoms with E-state index in [1.165, 1.54) is 7.11 Å². The smallest absolute Gasteiger partial charge is 0.267 e. The van der Waals surface area contributed by atoms with Crippen LogP contribution in [0, 0.1) is 5.92 Å². The van der Waals surface area contributed by atoms with Gasteiger partial charge in [0.25, 0.3) is 5.91 Å². The summed E-state index contributed by atoms with van der Waals surface area (Å²) in [5.74, 6) is 1.53. The molecule has 10 heteroatoms. The molecule has 5 rings (SSSR count). The van der Waals surface area contributed by atoms with Gasteiger partial charge in [0.15, 0.2) is 11.5 Å². The first kappa shape index (κ1) is 23.8. The Kier molecular flexibility index (Phi) is 6.58. The van der Waals surface area contributed by atoms with Crippen molar-refractivity contribution in [3.63, 3.8) is 0 Å². The fraction of sp³-hybridized carbons (Fsp3) is 0.423. The first-order chi connectivity index (χ1) is 17.5. The highest BCUT2D eigenvalue weighted by Crippen LogP contribution is 2.36. The van der Waals surface area contributed by atoms with Crippen molar-refractivity contribution in [2.24, 2.45) is 5.92 Å². The predicted octanol–water partition coefficient (Wildman–Crippen LogP) is 1.57. The van der Waals surface area contributed by atoms with Gasteiger partial charge < -0.3 is 33.6 Å². The maximum Gasteiger partial charge on any atom is 0.267 e. The highest BCUT2D eigenvalue weighted by atomic mass is 16.6. The normalized spacial score (nSPS) is 21.4. The van der Waals surface area contributed by atoms with Gasteiger partial charge in [0, 0.05) is 45.2 Å². The molecule has 3 aliphatic rings. The monoisotopic (exact) mass is 495 g/mol. The van der Waals surface area contributed by atoms with Crippen LogP contribution in [0.1, 0.15) is 6.42 Å². The van der Waals surface area contributed by atoms with Crippen molar-refractivity contribution in [1.29, 1.82) is 0 Å². The number of anilines is 1. The Bertz CT molecular complexity index is 1160. The van der Waals surface area contributed by atoms with Crippen LogP contribution in [0.5, 0.6) is 23.0 Å². The molecule has 3 heterocycles. The molecule has 0 radical (unpaired) electrons. The molecule has 3 amide bonds. The molecule has 36 heavy (non-hydrogen) atoms. The summed E-state index contributed by atoms with van der Waals surface area (Å²) < 4.78 is 22.2. The first-order valence-electron chi connectivity index (χ1n) is 12.0. The van der Waals surface area contributed by atoms with E-state index < -0.39 is 12.0 Å². The third-order valence-corrected chi connectivity index (χ3v) is 6.84. The van der Waals surface area contributed by atoms with Crippen LogP contribution in [0.2, 0.25) is 0 Å². The van der Waals surface area contributed by atoms with Crippen molar-refractivity contribution in [2.45, 2.75) is 12.5 Å². The van der Waals surface area contributed by atoms with Crippen LogP contribution in [0.15, 0.2) is 42.5 Å². The molecule has 2 aromatic rings. The van der Waals surface area contributed by atoms with Gasteiger partial charge in [-0.05, 0) is 24.3 Å². The number of ether oxygens (including phenoxy) is 4. The van der Waals surface area contributed by atoms with E-state index in [1.807, 2.05) is 12.1 Å². The van der Waals surface area contributed by atoms with Gasteiger partial charge in [0.05, 0.1) is 25.8 Å². The second-order valence-electron chi connectivity index (χ2n) is 8.96. The van der Waals surface area contributed by atoms with Gasteiger partial charge in [-0.2, -0.15) is 0 Å². The molecule has 0 aromatic heterocycles. The Hall–Kier alpha value is -3.95. The van der Waals surface area contributed by atoms with E-state index in [0.717, 1.165) is 0 Å². The van der Waals surface area contributed by atoms with Crippen LogP contribution in [0.4, 0.5) is 5.69 Å². The molecule has 10 nitrogen and oxygen atoms in total. The summed E-state index contributed by atoms with van der Waals surface area (Å²) in [4.78, 5) is 44.1. The van der Waals surface area contributed by atoms with Crippen LogP contribution in [-0.4, -0.2) is 87.2 Å². The second-order valence-corrected chi connectivity index (χ2v) is 8.96. The van der Waals surface area contributed by atoms with Gasteiger partial charge in [-0.15, -0.1) is 0 Å². The zero-order chi connectivity index (χ0) is 25.2. The lowest BCUT2D eigenvalue weighted by atomic mass is 10.1. The quantitative estimate of drug-likeness (QED) is 0.621. The lowest BCUT2D eigenvalue weighted by Crippen LogP contribution is -2.56. The lowest BCUT2D eigenvalue weighted by Gasteiger charge is -2.38. The largest absolute Gasteiger partial charge is 0.497 e. The van der Waals surface area contributed by atoms with Crippen LogP contribution in [0.3, 0.4) is 0 Å². The van der Waals surface area contributed by atoms with Crippen molar-refractivity contribution in [1.82, 2.24) is 9.80 Å². The van der Waals surface area contributed by atoms with E-state index in [1.54, 1.807) is 52.1 Å². The molecule has 2 unspecified atom stereocenters. The molecule has 0 aliphatic carbocycles. The molecule has 0 N–H and O–H groups in total. The number of nitrogens with zero attached hydrogens (tertiary/aromatic N) is 3. The predicted molar refractivity (Wildman–Crippen MR) is 130 cm³/mol. The van der Waals surface area contributed by atoms with E-state index >= 15 is 0 Å². The minimum absolute atomic E-state index is 0.0726. The minimum Gasteiger partial charge on any atom is -0.497 e. The number of carbonyl (C=O) groups excluding carboxylic acids is 3. The first-order valence-corrected chi connectivity index (χ1v) is 12.0. The fourth-order valence-corrected chi connectivity index (χ4v) is 4.86. The third-order valence-electron chi connectivity index (χ3n) is 6.84. The van der Waals surface area contributed by atoms with Gasteiger partial charge in [0.1, 0.15) is 18.1 Å². The summed E-state index contributed by atoms with van der Waals surface area (Å²) in [6.45, 7) is 2.07. The Labute approximate surface area is 209 Å². The molecule has 190 valence electrons. The number of methoxy groups -OCH3 is 2. The summed E-state index contributed by atoms with van der Waals surface area (Å²) in [6, 6.07) is 12.5. The summed E-state index contributed by atoms with van der Waals surface area (Å²) in [7, 11) is 3.10. The van der Waals surface area contributed by atoms with Crippen LogP contribution < -0.4 is 23.8 Å². The fourth-order valence-electron chi connectivity index (χ4n) is 4.86. The number of carbonyl (C=O) groups is 3. The highest BCUT2D eigenvalue weighted by Gasteiger charge is 2.40. The minimum atomic E-state index is -0.706. The van der Waals surface area contributed by atoms with Crippen molar-refractivity contribution in [3.05, 3.63) is 42.5 Å². The van der Waals surface area contributed by atoms with Gasteiger partial charge >= 0.3 is 0 Å². The van der Waals surface area contributed by atoms with E-state index in [0.29, 0.717) is 54.9 Å². The van der Waals surface area contributed by atoms with Crippen LogP contribution in [-0.2, 0) is 14.4 Å². The standard InChI is InChI=1S/C26H29N3O7/c1-33-18-7-8-19(22(14-18)34-2)29-15-17(13-24(29)30)25(31)27-9-11-28(12-10-27)26(32)23-16-35-20-5-3-4-6-21(20)36-23/h3-8,14,17,23H,9-13,15-16H2,1-2H3.